The van der Waals surface area contributed by atoms with Gasteiger partial charge in [0, 0.05) is 19.5 Å². The highest BCUT2D eigenvalue weighted by molar-refractivity contribution is 5.68. The van der Waals surface area contributed by atoms with Crippen LogP contribution in [-0.4, -0.2) is 24.1 Å². The molecule has 1 saturated heterocycles. The van der Waals surface area contributed by atoms with Crippen LogP contribution in [0.3, 0.4) is 0 Å². The SMILES string of the molecule is CCCCCCCCCCCCCCCCC(=O)ON1CCCCC1. The Hall–Kier alpha value is -0.570. The second-order valence-electron chi connectivity index (χ2n) is 7.80. The van der Waals surface area contributed by atoms with E-state index in [1.54, 1.807) is 0 Å². The summed E-state index contributed by atoms with van der Waals surface area (Å²) >= 11 is 0. The minimum absolute atomic E-state index is 0.0270. The van der Waals surface area contributed by atoms with E-state index in [0.29, 0.717) is 6.42 Å². The lowest BCUT2D eigenvalue weighted by Crippen LogP contribution is -2.32. The van der Waals surface area contributed by atoms with Crippen LogP contribution in [0.15, 0.2) is 0 Å². The monoisotopic (exact) mass is 353 g/mol. The van der Waals surface area contributed by atoms with Gasteiger partial charge in [-0.2, -0.15) is 0 Å². The first-order chi connectivity index (χ1) is 12.3. The summed E-state index contributed by atoms with van der Waals surface area (Å²) in [6.07, 6.45) is 23.1. The Labute approximate surface area is 156 Å². The van der Waals surface area contributed by atoms with Gasteiger partial charge in [-0.25, -0.2) is 0 Å². The molecule has 3 heteroatoms. The first-order valence-corrected chi connectivity index (χ1v) is 11.3. The van der Waals surface area contributed by atoms with Gasteiger partial charge in [-0.1, -0.05) is 96.8 Å². The maximum Gasteiger partial charge on any atom is 0.325 e. The average molecular weight is 354 g/mol. The summed E-state index contributed by atoms with van der Waals surface area (Å²) in [6.45, 7) is 4.12. The molecule has 0 atom stereocenters. The molecule has 0 saturated carbocycles. The van der Waals surface area contributed by atoms with E-state index in [1.165, 1.54) is 89.9 Å². The van der Waals surface area contributed by atoms with Gasteiger partial charge in [0.2, 0.25) is 0 Å². The second kappa shape index (κ2) is 16.9. The van der Waals surface area contributed by atoms with Crippen LogP contribution in [0.25, 0.3) is 0 Å². The molecule has 0 bridgehead atoms. The van der Waals surface area contributed by atoms with Crippen LogP contribution in [0, 0.1) is 0 Å². The predicted molar refractivity (Wildman–Crippen MR) is 106 cm³/mol. The smallest absolute Gasteiger partial charge is 0.325 e. The molecule has 0 amide bonds. The minimum atomic E-state index is -0.0270. The van der Waals surface area contributed by atoms with Gasteiger partial charge in [0.1, 0.15) is 0 Å². The van der Waals surface area contributed by atoms with Crippen molar-refractivity contribution in [3.8, 4) is 0 Å². The van der Waals surface area contributed by atoms with Crippen molar-refractivity contribution in [1.29, 1.82) is 0 Å². The Bertz CT molecular complexity index is 300. The van der Waals surface area contributed by atoms with Crippen LogP contribution in [0.5, 0.6) is 0 Å². The molecule has 148 valence electrons. The molecule has 0 aliphatic carbocycles. The van der Waals surface area contributed by atoms with Crippen molar-refractivity contribution in [3.05, 3.63) is 0 Å². The van der Waals surface area contributed by atoms with E-state index < -0.39 is 0 Å². The molecule has 1 rings (SSSR count). The normalized spacial score (nSPS) is 15.4. The standard InChI is InChI=1S/C22H43NO2/c1-2-3-4-5-6-7-8-9-10-11-12-13-14-16-19-22(24)25-23-20-17-15-18-21-23/h2-21H2,1H3. The molecular weight excluding hydrogens is 310 g/mol. The highest BCUT2D eigenvalue weighted by Crippen LogP contribution is 2.14. The fraction of sp³-hybridized carbons (Fsp3) is 0.955. The summed E-state index contributed by atoms with van der Waals surface area (Å²) in [6, 6.07) is 0. The van der Waals surface area contributed by atoms with Gasteiger partial charge in [-0.05, 0) is 19.3 Å². The van der Waals surface area contributed by atoms with E-state index in [4.69, 9.17) is 4.84 Å². The van der Waals surface area contributed by atoms with E-state index in [1.807, 2.05) is 5.06 Å². The number of carbonyl (C=O) groups excluding carboxylic acids is 1. The number of carbonyl (C=O) groups is 1. The lowest BCUT2D eigenvalue weighted by atomic mass is 10.0. The maximum atomic E-state index is 11.8. The van der Waals surface area contributed by atoms with Crippen LogP contribution >= 0.6 is 0 Å². The second-order valence-corrected chi connectivity index (χ2v) is 7.80. The molecule has 0 N–H and O–H groups in total. The average Bonchev–Trinajstić information content (AvgIpc) is 2.63. The number of hydroxylamine groups is 2. The fourth-order valence-corrected chi connectivity index (χ4v) is 3.61. The molecule has 1 heterocycles. The number of piperidine rings is 1. The third-order valence-electron chi connectivity index (χ3n) is 5.28. The molecular formula is C22H43NO2. The van der Waals surface area contributed by atoms with Gasteiger partial charge in [-0.15, -0.1) is 5.06 Å². The summed E-state index contributed by atoms with van der Waals surface area (Å²) in [5.41, 5.74) is 0. The van der Waals surface area contributed by atoms with Crippen molar-refractivity contribution >= 4 is 5.97 Å². The summed E-state index contributed by atoms with van der Waals surface area (Å²) in [4.78, 5) is 17.2. The van der Waals surface area contributed by atoms with E-state index in [2.05, 4.69) is 6.92 Å². The molecule has 0 radical (unpaired) electrons. The molecule has 0 aromatic heterocycles. The van der Waals surface area contributed by atoms with Crippen LogP contribution in [-0.2, 0) is 9.63 Å². The van der Waals surface area contributed by atoms with Crippen LogP contribution in [0.1, 0.15) is 122 Å². The molecule has 1 aliphatic heterocycles. The van der Waals surface area contributed by atoms with Gasteiger partial charge < -0.3 is 4.84 Å². The quantitative estimate of drug-likeness (QED) is 0.286. The molecule has 3 nitrogen and oxygen atoms in total. The number of unbranched alkanes of at least 4 members (excludes halogenated alkanes) is 13. The van der Waals surface area contributed by atoms with Crippen molar-refractivity contribution in [3.63, 3.8) is 0 Å². The third-order valence-corrected chi connectivity index (χ3v) is 5.28. The molecule has 0 aromatic carbocycles. The van der Waals surface area contributed by atoms with Crippen LogP contribution < -0.4 is 0 Å². The first-order valence-electron chi connectivity index (χ1n) is 11.3. The number of hydrogen-bond donors (Lipinski definition) is 0. The molecule has 0 unspecified atom stereocenters. The predicted octanol–water partition coefficient (Wildman–Crippen LogP) is 6.80. The van der Waals surface area contributed by atoms with Crippen LogP contribution in [0.2, 0.25) is 0 Å². The summed E-state index contributed by atoms with van der Waals surface area (Å²) in [7, 11) is 0. The zero-order chi connectivity index (χ0) is 18.0. The Morgan fingerprint density at radius 2 is 1.12 bits per heavy atom. The Morgan fingerprint density at radius 3 is 1.60 bits per heavy atom. The Balaban J connectivity index is 1.74. The van der Waals surface area contributed by atoms with Crippen molar-refractivity contribution in [2.75, 3.05) is 13.1 Å². The van der Waals surface area contributed by atoms with Crippen molar-refractivity contribution in [2.24, 2.45) is 0 Å². The van der Waals surface area contributed by atoms with E-state index >= 15 is 0 Å². The van der Waals surface area contributed by atoms with Gasteiger partial charge in [0.25, 0.3) is 0 Å². The Morgan fingerprint density at radius 1 is 0.680 bits per heavy atom. The molecule has 1 aliphatic rings. The zero-order valence-corrected chi connectivity index (χ0v) is 16.9. The molecule has 0 spiro atoms. The third kappa shape index (κ3) is 14.3. The van der Waals surface area contributed by atoms with Crippen molar-refractivity contribution in [1.82, 2.24) is 5.06 Å². The Kier molecular flexibility index (Phi) is 15.2. The fourth-order valence-electron chi connectivity index (χ4n) is 3.61. The largest absolute Gasteiger partial charge is 0.368 e. The number of hydrogen-bond acceptors (Lipinski definition) is 3. The topological polar surface area (TPSA) is 29.5 Å². The maximum absolute atomic E-state index is 11.8. The highest BCUT2D eigenvalue weighted by atomic mass is 16.7. The molecule has 1 fully saturated rings. The first kappa shape index (κ1) is 22.5. The zero-order valence-electron chi connectivity index (χ0n) is 16.9. The van der Waals surface area contributed by atoms with Gasteiger partial charge in [0.05, 0.1) is 0 Å². The van der Waals surface area contributed by atoms with E-state index in [9.17, 15) is 4.79 Å². The summed E-state index contributed by atoms with van der Waals surface area (Å²) in [5, 5.41) is 1.86. The number of nitrogens with zero attached hydrogens (tertiary/aromatic N) is 1. The lowest BCUT2D eigenvalue weighted by molar-refractivity contribution is -0.194. The highest BCUT2D eigenvalue weighted by Gasteiger charge is 2.14. The lowest BCUT2D eigenvalue weighted by Gasteiger charge is -2.24. The van der Waals surface area contributed by atoms with Gasteiger partial charge in [0.15, 0.2) is 0 Å². The summed E-state index contributed by atoms with van der Waals surface area (Å²) in [5.74, 6) is -0.0270. The van der Waals surface area contributed by atoms with Gasteiger partial charge >= 0.3 is 5.97 Å². The molecule has 0 aromatic rings. The van der Waals surface area contributed by atoms with Crippen molar-refractivity contribution < 1.29 is 9.63 Å². The number of rotatable bonds is 16. The summed E-state index contributed by atoms with van der Waals surface area (Å²) < 4.78 is 0. The van der Waals surface area contributed by atoms with Gasteiger partial charge in [-0.3, -0.25) is 4.79 Å². The van der Waals surface area contributed by atoms with E-state index in [-0.39, 0.29) is 5.97 Å². The van der Waals surface area contributed by atoms with Crippen LogP contribution in [0.4, 0.5) is 0 Å². The molecule has 25 heavy (non-hydrogen) atoms. The van der Waals surface area contributed by atoms with Crippen molar-refractivity contribution in [2.45, 2.75) is 122 Å². The minimum Gasteiger partial charge on any atom is -0.368 e. The van der Waals surface area contributed by atoms with E-state index in [0.717, 1.165) is 32.4 Å².